The molecule has 0 aliphatic heterocycles. The molecule has 0 atom stereocenters. The number of rotatable bonds is 4. The van der Waals surface area contributed by atoms with Gasteiger partial charge in [0.1, 0.15) is 5.75 Å². The molecule has 15 heavy (non-hydrogen) atoms. The summed E-state index contributed by atoms with van der Waals surface area (Å²) < 4.78 is 6.34. The Hall–Kier alpha value is -0.580. The number of hydroxylamine groups is 1. The van der Waals surface area contributed by atoms with E-state index in [1.165, 1.54) is 11.1 Å². The first-order valence-electron chi connectivity index (χ1n) is 4.70. The molecule has 0 unspecified atom stereocenters. The standard InChI is InChI=1S/C11H16BrNO2/c1-7-5-10(12)11(14-3)9(8(7)2)6-13-15-4/h5,13H,6H2,1-4H3. The number of methoxy groups -OCH3 is 1. The second kappa shape index (κ2) is 5.49. The highest BCUT2D eigenvalue weighted by atomic mass is 79.9. The Kier molecular flexibility index (Phi) is 4.57. The van der Waals surface area contributed by atoms with Crippen LogP contribution in [-0.4, -0.2) is 14.2 Å². The van der Waals surface area contributed by atoms with Gasteiger partial charge < -0.3 is 9.57 Å². The second-order valence-electron chi connectivity index (χ2n) is 3.34. The first-order chi connectivity index (χ1) is 7.11. The van der Waals surface area contributed by atoms with Gasteiger partial charge in [-0.25, -0.2) is 0 Å². The highest BCUT2D eigenvalue weighted by molar-refractivity contribution is 9.10. The fraction of sp³-hybridized carbons (Fsp3) is 0.455. The van der Waals surface area contributed by atoms with Gasteiger partial charge in [-0.2, -0.15) is 5.48 Å². The smallest absolute Gasteiger partial charge is 0.137 e. The monoisotopic (exact) mass is 273 g/mol. The summed E-state index contributed by atoms with van der Waals surface area (Å²) in [6.45, 7) is 4.79. The molecule has 3 nitrogen and oxygen atoms in total. The number of ether oxygens (including phenoxy) is 1. The highest BCUT2D eigenvalue weighted by Crippen LogP contribution is 2.33. The Morgan fingerprint density at radius 2 is 2.00 bits per heavy atom. The van der Waals surface area contributed by atoms with Crippen LogP contribution in [0.4, 0.5) is 0 Å². The van der Waals surface area contributed by atoms with Crippen LogP contribution in [0, 0.1) is 13.8 Å². The van der Waals surface area contributed by atoms with Crippen molar-refractivity contribution >= 4 is 15.9 Å². The summed E-state index contributed by atoms with van der Waals surface area (Å²) >= 11 is 3.49. The number of aryl methyl sites for hydroxylation is 1. The summed E-state index contributed by atoms with van der Waals surface area (Å²) in [6.07, 6.45) is 0. The topological polar surface area (TPSA) is 30.5 Å². The number of halogens is 1. The quantitative estimate of drug-likeness (QED) is 0.856. The van der Waals surface area contributed by atoms with E-state index in [1.54, 1.807) is 14.2 Å². The minimum atomic E-state index is 0.631. The Balaban J connectivity index is 3.18. The molecule has 0 fully saturated rings. The van der Waals surface area contributed by atoms with E-state index in [4.69, 9.17) is 9.57 Å². The molecule has 0 aliphatic rings. The first-order valence-corrected chi connectivity index (χ1v) is 5.49. The molecule has 0 bridgehead atoms. The highest BCUT2D eigenvalue weighted by Gasteiger charge is 2.12. The fourth-order valence-electron chi connectivity index (χ4n) is 1.49. The van der Waals surface area contributed by atoms with Gasteiger partial charge >= 0.3 is 0 Å². The van der Waals surface area contributed by atoms with Crippen molar-refractivity contribution < 1.29 is 9.57 Å². The third-order valence-corrected chi connectivity index (χ3v) is 3.06. The normalized spacial score (nSPS) is 10.5. The van der Waals surface area contributed by atoms with Gasteiger partial charge in [-0.05, 0) is 47.0 Å². The van der Waals surface area contributed by atoms with E-state index in [1.807, 2.05) is 0 Å². The zero-order valence-electron chi connectivity index (χ0n) is 9.48. The van der Waals surface area contributed by atoms with E-state index in [0.717, 1.165) is 15.8 Å². The lowest BCUT2D eigenvalue weighted by Crippen LogP contribution is -2.13. The lowest BCUT2D eigenvalue weighted by molar-refractivity contribution is 0.0859. The van der Waals surface area contributed by atoms with Crippen LogP contribution in [0.15, 0.2) is 10.5 Å². The SMILES string of the molecule is CONCc1c(C)c(C)cc(Br)c1OC. The molecule has 0 aromatic heterocycles. The van der Waals surface area contributed by atoms with Crippen LogP contribution < -0.4 is 10.2 Å². The molecule has 0 aliphatic carbocycles. The van der Waals surface area contributed by atoms with Gasteiger partial charge in [-0.3, -0.25) is 0 Å². The summed E-state index contributed by atoms with van der Waals surface area (Å²) in [5.74, 6) is 0.864. The molecule has 0 amide bonds. The molecule has 1 aromatic carbocycles. The molecule has 0 radical (unpaired) electrons. The molecule has 0 spiro atoms. The fourth-order valence-corrected chi connectivity index (χ4v) is 2.24. The lowest BCUT2D eigenvalue weighted by Gasteiger charge is -2.15. The van der Waals surface area contributed by atoms with E-state index >= 15 is 0 Å². The van der Waals surface area contributed by atoms with Crippen molar-refractivity contribution in [2.75, 3.05) is 14.2 Å². The molecule has 0 saturated heterocycles. The second-order valence-corrected chi connectivity index (χ2v) is 4.19. The molecule has 4 heteroatoms. The molecule has 0 saturated carbocycles. The van der Waals surface area contributed by atoms with E-state index < -0.39 is 0 Å². The summed E-state index contributed by atoms with van der Waals surface area (Å²) in [4.78, 5) is 4.86. The lowest BCUT2D eigenvalue weighted by atomic mass is 10.0. The summed E-state index contributed by atoms with van der Waals surface area (Å²) in [5, 5.41) is 0. The van der Waals surface area contributed by atoms with Crippen molar-refractivity contribution in [1.82, 2.24) is 5.48 Å². The Morgan fingerprint density at radius 1 is 1.33 bits per heavy atom. The maximum absolute atomic E-state index is 5.37. The van der Waals surface area contributed by atoms with Crippen molar-refractivity contribution in [1.29, 1.82) is 0 Å². The number of hydrogen-bond acceptors (Lipinski definition) is 3. The average molecular weight is 274 g/mol. The molecular formula is C11H16BrNO2. The maximum atomic E-state index is 5.37. The van der Waals surface area contributed by atoms with E-state index in [9.17, 15) is 0 Å². The predicted molar refractivity (Wildman–Crippen MR) is 64.0 cm³/mol. The van der Waals surface area contributed by atoms with Gasteiger partial charge in [0.2, 0.25) is 0 Å². The van der Waals surface area contributed by atoms with Crippen LogP contribution in [0.3, 0.4) is 0 Å². The van der Waals surface area contributed by atoms with Crippen LogP contribution in [-0.2, 0) is 11.4 Å². The van der Waals surface area contributed by atoms with Crippen molar-refractivity contribution in [3.8, 4) is 5.75 Å². The third kappa shape index (κ3) is 2.71. The Labute approximate surface area is 98.9 Å². The van der Waals surface area contributed by atoms with Gasteiger partial charge in [-0.1, -0.05) is 0 Å². The summed E-state index contributed by atoms with van der Waals surface area (Å²) in [6, 6.07) is 2.06. The van der Waals surface area contributed by atoms with Gasteiger partial charge in [0.15, 0.2) is 0 Å². The minimum absolute atomic E-state index is 0.631. The van der Waals surface area contributed by atoms with Crippen LogP contribution >= 0.6 is 15.9 Å². The Morgan fingerprint density at radius 3 is 2.53 bits per heavy atom. The summed E-state index contributed by atoms with van der Waals surface area (Å²) in [5.41, 5.74) is 6.40. The number of nitrogens with one attached hydrogen (secondary N) is 1. The van der Waals surface area contributed by atoms with Gasteiger partial charge in [-0.15, -0.1) is 0 Å². The van der Waals surface area contributed by atoms with Gasteiger partial charge in [0, 0.05) is 12.1 Å². The van der Waals surface area contributed by atoms with Crippen LogP contribution in [0.5, 0.6) is 5.75 Å². The molecule has 1 N–H and O–H groups in total. The molecule has 1 rings (SSSR count). The minimum Gasteiger partial charge on any atom is -0.495 e. The van der Waals surface area contributed by atoms with E-state index in [2.05, 4.69) is 41.3 Å². The van der Waals surface area contributed by atoms with E-state index in [0.29, 0.717) is 6.54 Å². The van der Waals surface area contributed by atoms with Crippen molar-refractivity contribution in [2.24, 2.45) is 0 Å². The third-order valence-electron chi connectivity index (χ3n) is 2.48. The predicted octanol–water partition coefficient (Wildman–Crippen LogP) is 2.73. The number of hydrogen-bond donors (Lipinski definition) is 1. The number of benzene rings is 1. The average Bonchev–Trinajstić information content (AvgIpc) is 2.21. The van der Waals surface area contributed by atoms with Crippen molar-refractivity contribution in [3.63, 3.8) is 0 Å². The first kappa shape index (κ1) is 12.5. The zero-order chi connectivity index (χ0) is 11.4. The maximum Gasteiger partial charge on any atom is 0.137 e. The molecule has 0 heterocycles. The van der Waals surface area contributed by atoms with Gasteiger partial charge in [0.05, 0.1) is 18.7 Å². The van der Waals surface area contributed by atoms with Crippen LogP contribution in [0.1, 0.15) is 16.7 Å². The largest absolute Gasteiger partial charge is 0.495 e. The molecule has 84 valence electrons. The molecule has 1 aromatic rings. The molecular weight excluding hydrogens is 258 g/mol. The van der Waals surface area contributed by atoms with Gasteiger partial charge in [0.25, 0.3) is 0 Å². The zero-order valence-corrected chi connectivity index (χ0v) is 11.1. The van der Waals surface area contributed by atoms with Crippen LogP contribution in [0.25, 0.3) is 0 Å². The van der Waals surface area contributed by atoms with Crippen molar-refractivity contribution in [2.45, 2.75) is 20.4 Å². The summed E-state index contributed by atoms with van der Waals surface area (Å²) in [7, 11) is 3.28. The van der Waals surface area contributed by atoms with E-state index in [-0.39, 0.29) is 0 Å². The Bertz CT molecular complexity index is 353. The van der Waals surface area contributed by atoms with Crippen molar-refractivity contribution in [3.05, 3.63) is 27.2 Å². The van der Waals surface area contributed by atoms with Crippen LogP contribution in [0.2, 0.25) is 0 Å².